The normalized spacial score (nSPS) is 21.6. The van der Waals surface area contributed by atoms with E-state index in [1.807, 2.05) is 19.9 Å². The molecule has 1 aromatic rings. The predicted octanol–water partition coefficient (Wildman–Crippen LogP) is 3.49. The molecule has 3 nitrogen and oxygen atoms in total. The highest BCUT2D eigenvalue weighted by molar-refractivity contribution is 9.10. The monoisotopic (exact) mass is 345 g/mol. The van der Waals surface area contributed by atoms with Gasteiger partial charge in [-0.1, -0.05) is 6.92 Å². The van der Waals surface area contributed by atoms with Gasteiger partial charge in [0.1, 0.15) is 0 Å². The molecule has 1 saturated heterocycles. The number of benzene rings is 1. The van der Waals surface area contributed by atoms with E-state index in [0.29, 0.717) is 28.4 Å². The van der Waals surface area contributed by atoms with Crippen LogP contribution in [0.15, 0.2) is 21.5 Å². The molecule has 1 fully saturated rings. The molecule has 1 atom stereocenters. The van der Waals surface area contributed by atoms with Crippen LogP contribution in [0.2, 0.25) is 0 Å². The first kappa shape index (κ1) is 15.0. The number of sulfonamides is 1. The molecule has 0 bridgehead atoms. The van der Waals surface area contributed by atoms with Crippen molar-refractivity contribution in [2.24, 2.45) is 5.92 Å². The van der Waals surface area contributed by atoms with Crippen LogP contribution in [0, 0.1) is 19.8 Å². The Morgan fingerprint density at radius 1 is 1.26 bits per heavy atom. The number of aryl methyl sites for hydroxylation is 2. The van der Waals surface area contributed by atoms with Crippen LogP contribution in [0.1, 0.15) is 30.9 Å². The largest absolute Gasteiger partial charge is 0.244 e. The molecule has 19 heavy (non-hydrogen) atoms. The molecule has 0 spiro atoms. The minimum absolute atomic E-state index is 0.393. The van der Waals surface area contributed by atoms with Crippen molar-refractivity contribution in [2.45, 2.75) is 38.5 Å². The Balaban J connectivity index is 2.42. The fourth-order valence-electron chi connectivity index (χ4n) is 2.46. The van der Waals surface area contributed by atoms with Gasteiger partial charge in [0, 0.05) is 17.6 Å². The van der Waals surface area contributed by atoms with Crippen LogP contribution in [0.3, 0.4) is 0 Å². The van der Waals surface area contributed by atoms with Gasteiger partial charge in [-0.05, 0) is 71.8 Å². The smallest absolute Gasteiger partial charge is 0.207 e. The summed E-state index contributed by atoms with van der Waals surface area (Å²) in [6.45, 7) is 7.30. The summed E-state index contributed by atoms with van der Waals surface area (Å²) in [6.07, 6.45) is 2.06. The third kappa shape index (κ3) is 3.03. The first-order chi connectivity index (χ1) is 8.82. The summed E-state index contributed by atoms with van der Waals surface area (Å²) in [5.74, 6) is 0.439. The van der Waals surface area contributed by atoms with Crippen molar-refractivity contribution >= 4 is 26.0 Å². The minimum Gasteiger partial charge on any atom is -0.207 e. The lowest BCUT2D eigenvalue weighted by Gasteiger charge is -2.30. The maximum atomic E-state index is 12.7. The number of rotatable bonds is 2. The minimum atomic E-state index is -3.38. The van der Waals surface area contributed by atoms with Crippen molar-refractivity contribution in [3.05, 3.63) is 27.7 Å². The van der Waals surface area contributed by atoms with Crippen LogP contribution in [-0.4, -0.2) is 25.8 Å². The third-order valence-electron chi connectivity index (χ3n) is 3.79. The number of piperidine rings is 1. The predicted molar refractivity (Wildman–Crippen MR) is 80.8 cm³/mol. The molecule has 106 valence electrons. The first-order valence-corrected chi connectivity index (χ1v) is 8.82. The zero-order valence-electron chi connectivity index (χ0n) is 11.6. The Morgan fingerprint density at radius 2 is 1.89 bits per heavy atom. The van der Waals surface area contributed by atoms with Crippen molar-refractivity contribution in [2.75, 3.05) is 13.1 Å². The van der Waals surface area contributed by atoms with Gasteiger partial charge in [-0.3, -0.25) is 0 Å². The molecule has 1 heterocycles. The molecule has 0 aromatic heterocycles. The highest BCUT2D eigenvalue weighted by Gasteiger charge is 2.30. The zero-order valence-corrected chi connectivity index (χ0v) is 14.0. The van der Waals surface area contributed by atoms with Crippen LogP contribution >= 0.6 is 15.9 Å². The summed E-state index contributed by atoms with van der Waals surface area (Å²) in [5, 5.41) is 0. The third-order valence-corrected chi connectivity index (χ3v) is 6.61. The fourth-order valence-corrected chi connectivity index (χ4v) is 5.26. The lowest BCUT2D eigenvalue weighted by molar-refractivity contribution is 0.281. The summed E-state index contributed by atoms with van der Waals surface area (Å²) >= 11 is 3.39. The Labute approximate surface area is 124 Å². The van der Waals surface area contributed by atoms with Crippen molar-refractivity contribution in [1.82, 2.24) is 4.31 Å². The molecule has 2 rings (SSSR count). The molecule has 1 aliphatic heterocycles. The van der Waals surface area contributed by atoms with Crippen LogP contribution < -0.4 is 0 Å². The van der Waals surface area contributed by atoms with E-state index >= 15 is 0 Å². The van der Waals surface area contributed by atoms with Gasteiger partial charge >= 0.3 is 0 Å². The van der Waals surface area contributed by atoms with Gasteiger partial charge in [0.15, 0.2) is 0 Å². The van der Waals surface area contributed by atoms with Crippen molar-refractivity contribution < 1.29 is 8.42 Å². The molecule has 1 aliphatic rings. The molecule has 0 aliphatic carbocycles. The van der Waals surface area contributed by atoms with Gasteiger partial charge in [-0.25, -0.2) is 8.42 Å². The Bertz CT molecular complexity index is 583. The molecular formula is C14H20BrNO2S. The molecule has 1 aromatic carbocycles. The topological polar surface area (TPSA) is 37.4 Å². The SMILES string of the molecule is Cc1cc(Br)c(S(=O)(=O)N2CCC[C@@H](C)C2)cc1C. The highest BCUT2D eigenvalue weighted by atomic mass is 79.9. The van der Waals surface area contributed by atoms with E-state index in [1.165, 1.54) is 0 Å². The lowest BCUT2D eigenvalue weighted by Crippen LogP contribution is -2.39. The Morgan fingerprint density at radius 3 is 2.53 bits per heavy atom. The van der Waals surface area contributed by atoms with E-state index < -0.39 is 10.0 Å². The molecule has 0 amide bonds. The maximum absolute atomic E-state index is 12.7. The van der Waals surface area contributed by atoms with Gasteiger partial charge in [-0.15, -0.1) is 0 Å². The number of hydrogen-bond donors (Lipinski definition) is 0. The second kappa shape index (κ2) is 5.54. The summed E-state index contributed by atoms with van der Waals surface area (Å²) in [7, 11) is -3.38. The van der Waals surface area contributed by atoms with Gasteiger partial charge in [0.25, 0.3) is 0 Å². The molecule has 5 heteroatoms. The first-order valence-electron chi connectivity index (χ1n) is 6.59. The lowest BCUT2D eigenvalue weighted by atomic mass is 10.0. The average Bonchev–Trinajstić information content (AvgIpc) is 2.33. The van der Waals surface area contributed by atoms with E-state index in [-0.39, 0.29) is 0 Å². The standard InChI is InChI=1S/C14H20BrNO2S/c1-10-5-4-6-16(9-10)19(17,18)14-8-12(3)11(2)7-13(14)15/h7-8,10H,4-6,9H2,1-3H3/t10-/m1/s1. The molecular weight excluding hydrogens is 326 g/mol. The average molecular weight is 346 g/mol. The number of halogens is 1. The Hall–Kier alpha value is -0.390. The van der Waals surface area contributed by atoms with Gasteiger partial charge in [0.05, 0.1) is 4.90 Å². The summed E-state index contributed by atoms with van der Waals surface area (Å²) in [6, 6.07) is 3.66. The van der Waals surface area contributed by atoms with Crippen LogP contribution in [0.5, 0.6) is 0 Å². The van der Waals surface area contributed by atoms with Gasteiger partial charge < -0.3 is 0 Å². The molecule has 0 radical (unpaired) electrons. The van der Waals surface area contributed by atoms with Crippen molar-refractivity contribution in [1.29, 1.82) is 0 Å². The molecule has 0 unspecified atom stereocenters. The van der Waals surface area contributed by atoms with Crippen LogP contribution in [0.4, 0.5) is 0 Å². The van der Waals surface area contributed by atoms with Crippen molar-refractivity contribution in [3.63, 3.8) is 0 Å². The van der Waals surface area contributed by atoms with Crippen LogP contribution in [-0.2, 0) is 10.0 Å². The molecule has 0 saturated carbocycles. The quantitative estimate of drug-likeness (QED) is 0.822. The zero-order chi connectivity index (χ0) is 14.2. The second-order valence-electron chi connectivity index (χ2n) is 5.48. The number of nitrogens with zero attached hydrogens (tertiary/aromatic N) is 1. The van der Waals surface area contributed by atoms with Crippen molar-refractivity contribution in [3.8, 4) is 0 Å². The van der Waals surface area contributed by atoms with Gasteiger partial charge in [-0.2, -0.15) is 4.31 Å². The second-order valence-corrected chi connectivity index (χ2v) is 8.24. The summed E-state index contributed by atoms with van der Waals surface area (Å²) < 4.78 is 27.7. The van der Waals surface area contributed by atoms with E-state index in [2.05, 4.69) is 22.9 Å². The summed E-state index contributed by atoms with van der Waals surface area (Å²) in [5.41, 5.74) is 2.10. The van der Waals surface area contributed by atoms with E-state index in [9.17, 15) is 8.42 Å². The summed E-state index contributed by atoms with van der Waals surface area (Å²) in [4.78, 5) is 0.393. The van der Waals surface area contributed by atoms with Gasteiger partial charge in [0.2, 0.25) is 10.0 Å². The maximum Gasteiger partial charge on any atom is 0.244 e. The highest BCUT2D eigenvalue weighted by Crippen LogP contribution is 2.30. The molecule has 0 N–H and O–H groups in total. The number of hydrogen-bond acceptors (Lipinski definition) is 2. The van der Waals surface area contributed by atoms with E-state index in [1.54, 1.807) is 10.4 Å². The Kier molecular flexibility index (Phi) is 4.38. The van der Waals surface area contributed by atoms with E-state index in [4.69, 9.17) is 0 Å². The fraction of sp³-hybridized carbons (Fsp3) is 0.571. The van der Waals surface area contributed by atoms with Crippen LogP contribution in [0.25, 0.3) is 0 Å². The van der Waals surface area contributed by atoms with E-state index in [0.717, 1.165) is 24.0 Å².